The third kappa shape index (κ3) is 4.77. The summed E-state index contributed by atoms with van der Waals surface area (Å²) in [6.45, 7) is 2.49. The van der Waals surface area contributed by atoms with Crippen LogP contribution in [0, 0.1) is 10.1 Å². The Balaban J connectivity index is 1.76. The van der Waals surface area contributed by atoms with E-state index >= 15 is 0 Å². The summed E-state index contributed by atoms with van der Waals surface area (Å²) in [5.41, 5.74) is 2.72. The molecule has 1 atom stereocenters. The summed E-state index contributed by atoms with van der Waals surface area (Å²) in [7, 11) is 0. The van der Waals surface area contributed by atoms with Crippen molar-refractivity contribution in [2.24, 2.45) is 0 Å². The van der Waals surface area contributed by atoms with Gasteiger partial charge in [-0.3, -0.25) is 19.7 Å². The number of amides is 1. The normalized spacial score (nSPS) is 15.7. The van der Waals surface area contributed by atoms with Crippen LogP contribution in [0.4, 0.5) is 5.69 Å². The Morgan fingerprint density at radius 3 is 2.55 bits per heavy atom. The van der Waals surface area contributed by atoms with Crippen molar-refractivity contribution in [2.75, 3.05) is 6.54 Å². The molecule has 1 unspecified atom stereocenters. The lowest BCUT2D eigenvalue weighted by atomic mass is 9.87. The van der Waals surface area contributed by atoms with E-state index < -0.39 is 16.6 Å². The van der Waals surface area contributed by atoms with Crippen molar-refractivity contribution in [2.45, 2.75) is 38.6 Å². The third-order valence-electron chi connectivity index (χ3n) is 5.25. The predicted octanol–water partition coefficient (Wildman–Crippen LogP) is 3.97. The van der Waals surface area contributed by atoms with Crippen molar-refractivity contribution in [1.82, 2.24) is 4.90 Å². The number of benzene rings is 2. The molecule has 0 aliphatic heterocycles. The number of nitrogens with zero attached hydrogens (tertiary/aromatic N) is 2. The highest BCUT2D eigenvalue weighted by Gasteiger charge is 2.29. The fraction of sp³-hybridized carbons (Fsp3) is 0.304. The summed E-state index contributed by atoms with van der Waals surface area (Å²) in [5, 5.41) is 11.1. The summed E-state index contributed by atoms with van der Waals surface area (Å²) in [5.74, 6) is -1.21. The van der Waals surface area contributed by atoms with Crippen LogP contribution in [-0.2, 0) is 22.4 Å². The number of hydrogen-bond donors (Lipinski definition) is 0. The van der Waals surface area contributed by atoms with Gasteiger partial charge in [0.2, 0.25) is 5.78 Å². The van der Waals surface area contributed by atoms with Gasteiger partial charge in [-0.25, -0.2) is 0 Å². The maximum Gasteiger partial charge on any atom is 0.294 e. The lowest BCUT2D eigenvalue weighted by molar-refractivity contribution is -0.385. The Morgan fingerprint density at radius 1 is 1.14 bits per heavy atom. The van der Waals surface area contributed by atoms with Crippen LogP contribution in [0.2, 0.25) is 0 Å². The maximum absolute atomic E-state index is 12.9. The minimum absolute atomic E-state index is 0.0132. The molecule has 1 aliphatic rings. The van der Waals surface area contributed by atoms with Gasteiger partial charge in [0.25, 0.3) is 11.6 Å². The Labute approximate surface area is 170 Å². The number of aryl methyl sites for hydroxylation is 1. The summed E-state index contributed by atoms with van der Waals surface area (Å²) in [6, 6.07) is 14.3. The average Bonchev–Trinajstić information content (AvgIpc) is 2.75. The number of rotatable bonds is 7. The van der Waals surface area contributed by atoms with Gasteiger partial charge in [-0.2, -0.15) is 0 Å². The first-order chi connectivity index (χ1) is 14.0. The van der Waals surface area contributed by atoms with Gasteiger partial charge in [0.1, 0.15) is 0 Å². The van der Waals surface area contributed by atoms with Crippen molar-refractivity contribution in [1.29, 1.82) is 0 Å². The van der Waals surface area contributed by atoms with Gasteiger partial charge in [-0.15, -0.1) is 0 Å². The van der Waals surface area contributed by atoms with Gasteiger partial charge >= 0.3 is 0 Å². The molecule has 150 valence electrons. The fourth-order valence-corrected chi connectivity index (χ4v) is 3.81. The monoisotopic (exact) mass is 392 g/mol. The van der Waals surface area contributed by atoms with E-state index in [1.54, 1.807) is 23.1 Å². The molecule has 0 aromatic heterocycles. The predicted molar refractivity (Wildman–Crippen MR) is 111 cm³/mol. The molecule has 1 amide bonds. The smallest absolute Gasteiger partial charge is 0.294 e. The average molecular weight is 392 g/mol. The van der Waals surface area contributed by atoms with Gasteiger partial charge in [0, 0.05) is 18.7 Å². The molecule has 6 heteroatoms. The molecule has 2 aromatic rings. The van der Waals surface area contributed by atoms with E-state index in [1.807, 2.05) is 19.1 Å². The molecular formula is C23H24N2O4. The summed E-state index contributed by atoms with van der Waals surface area (Å²) in [4.78, 5) is 37.7. The summed E-state index contributed by atoms with van der Waals surface area (Å²) >= 11 is 0. The zero-order chi connectivity index (χ0) is 20.8. The molecule has 0 radical (unpaired) electrons. The zero-order valence-corrected chi connectivity index (χ0v) is 16.4. The molecule has 29 heavy (non-hydrogen) atoms. The SMILES string of the molecule is CCCN(C(=O)C(=O)/C=C/c1ccccc1[N+](=O)[O-])C1CCc2ccccc2C1. The molecule has 6 nitrogen and oxygen atoms in total. The number of nitro groups is 1. The highest BCUT2D eigenvalue weighted by Crippen LogP contribution is 2.25. The summed E-state index contributed by atoms with van der Waals surface area (Å²) < 4.78 is 0. The van der Waals surface area contributed by atoms with Crippen molar-refractivity contribution in [3.63, 3.8) is 0 Å². The number of carbonyl (C=O) groups is 2. The highest BCUT2D eigenvalue weighted by atomic mass is 16.6. The van der Waals surface area contributed by atoms with Crippen LogP contribution in [0.1, 0.15) is 36.5 Å². The molecule has 0 saturated heterocycles. The zero-order valence-electron chi connectivity index (χ0n) is 16.4. The van der Waals surface area contributed by atoms with Gasteiger partial charge in [0.05, 0.1) is 10.5 Å². The quantitative estimate of drug-likeness (QED) is 0.309. The van der Waals surface area contributed by atoms with Crippen molar-refractivity contribution in [3.8, 4) is 0 Å². The second-order valence-corrected chi connectivity index (χ2v) is 7.18. The second kappa shape index (κ2) is 9.28. The molecular weight excluding hydrogens is 368 g/mol. The Kier molecular flexibility index (Phi) is 6.54. The molecule has 3 rings (SSSR count). The maximum atomic E-state index is 12.9. The first-order valence-electron chi connectivity index (χ1n) is 9.84. The lowest BCUT2D eigenvalue weighted by Crippen LogP contribution is -2.46. The molecule has 1 aliphatic carbocycles. The van der Waals surface area contributed by atoms with Crippen LogP contribution >= 0.6 is 0 Å². The van der Waals surface area contributed by atoms with E-state index in [1.165, 1.54) is 23.3 Å². The fourth-order valence-electron chi connectivity index (χ4n) is 3.81. The topological polar surface area (TPSA) is 80.5 Å². The molecule has 0 heterocycles. The number of hydrogen-bond acceptors (Lipinski definition) is 4. The van der Waals surface area contributed by atoms with Gasteiger partial charge in [-0.1, -0.05) is 43.3 Å². The van der Waals surface area contributed by atoms with E-state index in [9.17, 15) is 19.7 Å². The van der Waals surface area contributed by atoms with E-state index in [2.05, 4.69) is 12.1 Å². The van der Waals surface area contributed by atoms with Crippen molar-refractivity contribution < 1.29 is 14.5 Å². The molecule has 0 bridgehead atoms. The number of fused-ring (bicyclic) bond motifs is 1. The lowest BCUT2D eigenvalue weighted by Gasteiger charge is -2.34. The van der Waals surface area contributed by atoms with Gasteiger partial charge < -0.3 is 4.90 Å². The van der Waals surface area contributed by atoms with Crippen LogP contribution < -0.4 is 0 Å². The van der Waals surface area contributed by atoms with Crippen molar-refractivity contribution in [3.05, 3.63) is 81.4 Å². The minimum Gasteiger partial charge on any atom is -0.333 e. The van der Waals surface area contributed by atoms with Crippen LogP contribution in [0.3, 0.4) is 0 Å². The third-order valence-corrected chi connectivity index (χ3v) is 5.25. The Hall–Kier alpha value is -3.28. The number of carbonyl (C=O) groups excluding carboxylic acids is 2. The number of nitro benzene ring substituents is 1. The Bertz CT molecular complexity index is 951. The van der Waals surface area contributed by atoms with E-state index in [4.69, 9.17) is 0 Å². The Morgan fingerprint density at radius 2 is 1.83 bits per heavy atom. The molecule has 0 saturated carbocycles. The summed E-state index contributed by atoms with van der Waals surface area (Å²) in [6.07, 6.45) is 5.69. The van der Waals surface area contributed by atoms with Gasteiger partial charge in [0.15, 0.2) is 0 Å². The first kappa shape index (κ1) is 20.5. The van der Waals surface area contributed by atoms with Crippen LogP contribution in [0.25, 0.3) is 6.08 Å². The molecule has 0 N–H and O–H groups in total. The second-order valence-electron chi connectivity index (χ2n) is 7.18. The molecule has 0 spiro atoms. The largest absolute Gasteiger partial charge is 0.333 e. The van der Waals surface area contributed by atoms with Crippen LogP contribution in [0.5, 0.6) is 0 Å². The number of para-hydroxylation sites is 1. The highest BCUT2D eigenvalue weighted by molar-refractivity contribution is 6.41. The van der Waals surface area contributed by atoms with Crippen LogP contribution in [0.15, 0.2) is 54.6 Å². The standard InChI is InChI=1S/C23H24N2O4/c1-2-15-24(20-13-11-17-7-3-4-9-19(17)16-20)23(27)22(26)14-12-18-8-5-6-10-21(18)25(28)29/h3-10,12,14,20H,2,11,13,15-16H2,1H3/b14-12+. The molecule has 0 fully saturated rings. The van der Waals surface area contributed by atoms with E-state index in [0.29, 0.717) is 12.1 Å². The first-order valence-corrected chi connectivity index (χ1v) is 9.84. The number of ketones is 1. The van der Waals surface area contributed by atoms with Gasteiger partial charge in [-0.05, 0) is 55.0 Å². The van der Waals surface area contributed by atoms with Crippen molar-refractivity contribution >= 4 is 23.5 Å². The van der Waals surface area contributed by atoms with E-state index in [-0.39, 0.29) is 11.7 Å². The van der Waals surface area contributed by atoms with E-state index in [0.717, 1.165) is 31.8 Å². The minimum atomic E-state index is -0.657. The molecule has 2 aromatic carbocycles. The van der Waals surface area contributed by atoms with Crippen LogP contribution in [-0.4, -0.2) is 34.1 Å².